The summed E-state index contributed by atoms with van der Waals surface area (Å²) >= 11 is 11.3. The van der Waals surface area contributed by atoms with E-state index in [1.807, 2.05) is 19.9 Å². The highest BCUT2D eigenvalue weighted by atomic mass is 35.5. The van der Waals surface area contributed by atoms with E-state index in [2.05, 4.69) is 10.6 Å². The van der Waals surface area contributed by atoms with Gasteiger partial charge in [0.1, 0.15) is 11.5 Å². The quantitative estimate of drug-likeness (QED) is 0.784. The Hall–Kier alpha value is -2.31. The van der Waals surface area contributed by atoms with Gasteiger partial charge in [-0.1, -0.05) is 28.8 Å². The van der Waals surface area contributed by atoms with Crippen LogP contribution in [0.1, 0.15) is 21.5 Å². The first kappa shape index (κ1) is 19.0. The minimum absolute atomic E-state index is 0.145. The maximum Gasteiger partial charge on any atom is 0.257 e. The molecule has 0 saturated carbocycles. The number of rotatable bonds is 4. The van der Waals surface area contributed by atoms with Gasteiger partial charge in [-0.25, -0.2) is 0 Å². The number of anilines is 1. The predicted octanol–water partition coefficient (Wildman–Crippen LogP) is 4.10. The summed E-state index contributed by atoms with van der Waals surface area (Å²) < 4.78 is 10.5. The van der Waals surface area contributed by atoms with Crippen molar-refractivity contribution in [1.82, 2.24) is 5.32 Å². The topological polar surface area (TPSA) is 59.6 Å². The fourth-order valence-corrected chi connectivity index (χ4v) is 2.83. The first-order valence-electron chi connectivity index (χ1n) is 7.46. The lowest BCUT2D eigenvalue weighted by Gasteiger charge is -2.15. The molecule has 0 heterocycles. The number of hydrogen-bond acceptors (Lipinski definition) is 4. The number of carbonyl (C=O) groups excluding carboxylic acids is 1. The number of nitrogens with one attached hydrogen (secondary N) is 2. The first-order chi connectivity index (χ1) is 11.8. The summed E-state index contributed by atoms with van der Waals surface area (Å²) in [4.78, 5) is 12.4. The molecule has 0 radical (unpaired) electrons. The number of ether oxygens (including phenoxy) is 2. The van der Waals surface area contributed by atoms with E-state index >= 15 is 0 Å². The molecule has 0 unspecified atom stereocenters. The summed E-state index contributed by atoms with van der Waals surface area (Å²) in [6, 6.07) is 8.86. The molecule has 0 atom stereocenters. The van der Waals surface area contributed by atoms with Crippen molar-refractivity contribution in [3.8, 4) is 11.5 Å². The van der Waals surface area contributed by atoms with Crippen molar-refractivity contribution in [1.29, 1.82) is 0 Å². The van der Waals surface area contributed by atoms with Crippen LogP contribution in [-0.2, 0) is 0 Å². The van der Waals surface area contributed by atoms with E-state index in [0.717, 1.165) is 11.1 Å². The van der Waals surface area contributed by atoms with Crippen molar-refractivity contribution >= 4 is 40.5 Å². The molecule has 0 aliphatic carbocycles. The van der Waals surface area contributed by atoms with E-state index in [0.29, 0.717) is 27.8 Å². The van der Waals surface area contributed by atoms with Gasteiger partial charge in [0, 0.05) is 17.7 Å². The Morgan fingerprint density at radius 1 is 1.00 bits per heavy atom. The number of amides is 1. The van der Waals surface area contributed by atoms with Gasteiger partial charge in [-0.3, -0.25) is 10.1 Å². The molecule has 0 spiro atoms. The molecule has 2 N–H and O–H groups in total. The second-order valence-electron chi connectivity index (χ2n) is 5.47. The van der Waals surface area contributed by atoms with Crippen LogP contribution in [0.5, 0.6) is 11.5 Å². The molecule has 0 bridgehead atoms. The van der Waals surface area contributed by atoms with Crippen LogP contribution in [0.2, 0.25) is 5.02 Å². The van der Waals surface area contributed by atoms with Gasteiger partial charge < -0.3 is 14.8 Å². The average Bonchev–Trinajstić information content (AvgIpc) is 2.54. The summed E-state index contributed by atoms with van der Waals surface area (Å²) in [5.41, 5.74) is 3.10. The van der Waals surface area contributed by atoms with Gasteiger partial charge in [-0.15, -0.1) is 0 Å². The number of halogens is 1. The molecule has 2 rings (SSSR count). The predicted molar refractivity (Wildman–Crippen MR) is 104 cm³/mol. The largest absolute Gasteiger partial charge is 0.495 e. The summed E-state index contributed by atoms with van der Waals surface area (Å²) in [7, 11) is 3.03. The Balaban J connectivity index is 2.15. The highest BCUT2D eigenvalue weighted by Gasteiger charge is 2.13. The standard InChI is InChI=1S/C18H19ClN2O3S/c1-10-5-11(2)7-12(6-10)17(22)21-18(25)20-14-9-15(23-3)13(19)8-16(14)24-4/h5-9H,1-4H3,(H2,20,21,22,25). The Labute approximate surface area is 157 Å². The highest BCUT2D eigenvalue weighted by molar-refractivity contribution is 7.80. The Kier molecular flexibility index (Phi) is 6.22. The molecule has 25 heavy (non-hydrogen) atoms. The lowest BCUT2D eigenvalue weighted by Crippen LogP contribution is -2.34. The van der Waals surface area contributed by atoms with Gasteiger partial charge >= 0.3 is 0 Å². The maximum atomic E-state index is 12.4. The van der Waals surface area contributed by atoms with Gasteiger partial charge in [0.2, 0.25) is 0 Å². The highest BCUT2D eigenvalue weighted by Crippen LogP contribution is 2.35. The molecule has 1 amide bonds. The molecular weight excluding hydrogens is 360 g/mol. The van der Waals surface area contributed by atoms with Gasteiger partial charge in [0.25, 0.3) is 5.91 Å². The van der Waals surface area contributed by atoms with Crippen LogP contribution in [0.4, 0.5) is 5.69 Å². The normalized spacial score (nSPS) is 10.1. The minimum atomic E-state index is -0.288. The van der Waals surface area contributed by atoms with E-state index in [4.69, 9.17) is 33.3 Å². The van der Waals surface area contributed by atoms with E-state index in [9.17, 15) is 4.79 Å². The van der Waals surface area contributed by atoms with Gasteiger partial charge in [0.15, 0.2) is 5.11 Å². The molecule has 0 fully saturated rings. The zero-order valence-corrected chi connectivity index (χ0v) is 16.0. The van der Waals surface area contributed by atoms with E-state index in [1.165, 1.54) is 14.2 Å². The smallest absolute Gasteiger partial charge is 0.257 e. The second-order valence-corrected chi connectivity index (χ2v) is 6.29. The van der Waals surface area contributed by atoms with Crippen molar-refractivity contribution in [2.45, 2.75) is 13.8 Å². The van der Waals surface area contributed by atoms with Crippen molar-refractivity contribution < 1.29 is 14.3 Å². The number of carbonyl (C=O) groups is 1. The van der Waals surface area contributed by atoms with Gasteiger partial charge in [-0.05, 0) is 38.2 Å². The third-order valence-corrected chi connectivity index (χ3v) is 3.93. The van der Waals surface area contributed by atoms with Crippen molar-refractivity contribution in [3.63, 3.8) is 0 Å². The Morgan fingerprint density at radius 3 is 2.16 bits per heavy atom. The monoisotopic (exact) mass is 378 g/mol. The second kappa shape index (κ2) is 8.18. The lowest BCUT2D eigenvalue weighted by molar-refractivity contribution is 0.0977. The zero-order valence-electron chi connectivity index (χ0n) is 14.4. The summed E-state index contributed by atoms with van der Waals surface area (Å²) in [5, 5.41) is 6.14. The van der Waals surface area contributed by atoms with Crippen LogP contribution >= 0.6 is 23.8 Å². The molecule has 0 saturated heterocycles. The fourth-order valence-electron chi connectivity index (χ4n) is 2.39. The van der Waals surface area contributed by atoms with Crippen molar-refractivity contribution in [3.05, 3.63) is 52.0 Å². The molecule has 0 aliphatic rings. The van der Waals surface area contributed by atoms with Crippen LogP contribution < -0.4 is 20.1 Å². The number of methoxy groups -OCH3 is 2. The average molecular weight is 379 g/mol. The third-order valence-electron chi connectivity index (χ3n) is 3.43. The van der Waals surface area contributed by atoms with E-state index in [1.54, 1.807) is 24.3 Å². The number of hydrogen-bond donors (Lipinski definition) is 2. The lowest BCUT2D eigenvalue weighted by atomic mass is 10.1. The summed E-state index contributed by atoms with van der Waals surface area (Å²) in [6.07, 6.45) is 0. The van der Waals surface area contributed by atoms with Crippen LogP contribution in [0.15, 0.2) is 30.3 Å². The number of aryl methyl sites for hydroxylation is 2. The van der Waals surface area contributed by atoms with Crippen LogP contribution in [0.25, 0.3) is 0 Å². The van der Waals surface area contributed by atoms with Crippen molar-refractivity contribution in [2.75, 3.05) is 19.5 Å². The van der Waals surface area contributed by atoms with Crippen LogP contribution in [0.3, 0.4) is 0 Å². The molecule has 0 aliphatic heterocycles. The molecule has 7 heteroatoms. The molecule has 2 aromatic rings. The molecule has 5 nitrogen and oxygen atoms in total. The van der Waals surface area contributed by atoms with E-state index in [-0.39, 0.29) is 11.0 Å². The van der Waals surface area contributed by atoms with Crippen molar-refractivity contribution in [2.24, 2.45) is 0 Å². The first-order valence-corrected chi connectivity index (χ1v) is 8.24. The molecule has 132 valence electrons. The molecule has 2 aromatic carbocycles. The SMILES string of the molecule is COc1cc(NC(=S)NC(=O)c2cc(C)cc(C)c2)c(OC)cc1Cl. The summed E-state index contributed by atoms with van der Waals surface area (Å²) in [5.74, 6) is 0.659. The number of benzene rings is 2. The van der Waals surface area contributed by atoms with E-state index < -0.39 is 0 Å². The number of thiocarbonyl (C=S) groups is 1. The Morgan fingerprint density at radius 2 is 1.60 bits per heavy atom. The fraction of sp³-hybridized carbons (Fsp3) is 0.222. The maximum absolute atomic E-state index is 12.4. The van der Waals surface area contributed by atoms with Gasteiger partial charge in [-0.2, -0.15) is 0 Å². The summed E-state index contributed by atoms with van der Waals surface area (Å²) in [6.45, 7) is 3.87. The van der Waals surface area contributed by atoms with Gasteiger partial charge in [0.05, 0.1) is 24.9 Å². The Bertz CT molecular complexity index is 804. The third kappa shape index (κ3) is 4.84. The zero-order chi connectivity index (χ0) is 18.6. The van der Waals surface area contributed by atoms with Crippen LogP contribution in [0, 0.1) is 13.8 Å². The molecular formula is C18H19ClN2O3S. The molecule has 0 aromatic heterocycles. The van der Waals surface area contributed by atoms with Crippen LogP contribution in [-0.4, -0.2) is 25.2 Å². The minimum Gasteiger partial charge on any atom is -0.495 e.